The number of aromatic nitrogens is 2. The molecule has 0 bridgehead atoms. The van der Waals surface area contributed by atoms with E-state index in [-0.39, 0.29) is 0 Å². The molecule has 6 heteroatoms. The molecule has 17 rings (SSSR count). The SMILES string of the molecule is c1ccc2c(c1)Oc1ccccc1C21c2cc(-c3ccc(-n4c5ccccc5c5ccccc54)cc3)oc2C2(c3ccccc3Oc3ccccc32)c2cc(-c3ccc(-n4c5ccccc5c5ccccc54)cc3)oc21. The van der Waals surface area contributed by atoms with Crippen LogP contribution in [0.15, 0.2) is 264 Å². The zero-order valence-electron chi connectivity index (χ0n) is 40.8. The van der Waals surface area contributed by atoms with Gasteiger partial charge in [0.15, 0.2) is 0 Å². The van der Waals surface area contributed by atoms with E-state index in [9.17, 15) is 0 Å². The Morgan fingerprint density at radius 1 is 0.263 bits per heavy atom. The fourth-order valence-corrected chi connectivity index (χ4v) is 13.4. The molecule has 356 valence electrons. The second-order valence-corrected chi connectivity index (χ2v) is 20.2. The van der Waals surface area contributed by atoms with Gasteiger partial charge in [-0.25, -0.2) is 0 Å². The molecule has 76 heavy (non-hydrogen) atoms. The zero-order valence-corrected chi connectivity index (χ0v) is 40.8. The van der Waals surface area contributed by atoms with E-state index in [0.717, 1.165) is 124 Å². The lowest BCUT2D eigenvalue weighted by molar-refractivity contribution is 0.353. The second kappa shape index (κ2) is 15.3. The third-order valence-corrected chi connectivity index (χ3v) is 16.5. The Hall–Kier alpha value is -10.0. The number of furan rings is 2. The molecule has 3 aliphatic rings. The van der Waals surface area contributed by atoms with Crippen molar-refractivity contribution >= 4 is 43.6 Å². The maximum absolute atomic E-state index is 7.78. The van der Waals surface area contributed by atoms with Crippen LogP contribution in [-0.4, -0.2) is 9.13 Å². The number of benzene rings is 10. The lowest BCUT2D eigenvalue weighted by atomic mass is 9.53. The van der Waals surface area contributed by atoms with Gasteiger partial charge in [-0.2, -0.15) is 0 Å². The first-order valence-corrected chi connectivity index (χ1v) is 25.9. The molecule has 0 atom stereocenters. The summed E-state index contributed by atoms with van der Waals surface area (Å²) >= 11 is 0. The maximum Gasteiger partial charge on any atom is 0.134 e. The lowest BCUT2D eigenvalue weighted by Crippen LogP contribution is -2.46. The minimum Gasteiger partial charge on any atom is -0.459 e. The summed E-state index contributed by atoms with van der Waals surface area (Å²) < 4.78 is 34.0. The van der Waals surface area contributed by atoms with E-state index in [0.29, 0.717) is 0 Å². The molecule has 10 aromatic carbocycles. The molecule has 0 amide bonds. The highest BCUT2D eigenvalue weighted by molar-refractivity contribution is 6.10. The van der Waals surface area contributed by atoms with Gasteiger partial charge in [0.2, 0.25) is 0 Å². The lowest BCUT2D eigenvalue weighted by Gasteiger charge is -2.48. The van der Waals surface area contributed by atoms with Crippen molar-refractivity contribution in [2.24, 2.45) is 0 Å². The van der Waals surface area contributed by atoms with Crippen molar-refractivity contribution < 1.29 is 18.3 Å². The Labute approximate surface area is 436 Å². The van der Waals surface area contributed by atoms with Gasteiger partial charge < -0.3 is 27.4 Å². The molecule has 0 N–H and O–H groups in total. The van der Waals surface area contributed by atoms with Crippen molar-refractivity contribution in [3.63, 3.8) is 0 Å². The maximum atomic E-state index is 7.78. The van der Waals surface area contributed by atoms with Crippen LogP contribution in [0, 0.1) is 0 Å². The van der Waals surface area contributed by atoms with Crippen LogP contribution in [0.3, 0.4) is 0 Å². The molecule has 4 aromatic heterocycles. The first-order chi connectivity index (χ1) is 37.7. The molecule has 6 heterocycles. The molecule has 6 nitrogen and oxygen atoms in total. The van der Waals surface area contributed by atoms with Gasteiger partial charge in [0, 0.05) is 77.4 Å². The van der Waals surface area contributed by atoms with Gasteiger partial charge in [0.25, 0.3) is 0 Å². The highest BCUT2D eigenvalue weighted by Crippen LogP contribution is 2.68. The number of hydrogen-bond acceptors (Lipinski definition) is 4. The molecule has 0 saturated carbocycles. The van der Waals surface area contributed by atoms with Crippen LogP contribution in [-0.2, 0) is 10.8 Å². The number of para-hydroxylation sites is 8. The zero-order chi connectivity index (χ0) is 49.7. The standard InChI is InChI=1S/C70H42N2O4/c1-9-25-57-47(17-1)48-18-2-10-26-58(48)71(57)45-37-33-43(34-38-45)65-41-55-67(75-65)70(53-23-7-15-31-63(53)74-64-32-16-8-24-54(64)70)56-42-66(76-68(56)69(55)51-21-5-13-29-61(51)73-62-30-14-6-22-52(62)69)44-35-39-46(40-36-44)72-59-27-11-3-19-49(59)50-20-4-12-28-60(50)72/h1-42H. The molecule has 0 fully saturated rings. The molecule has 14 aromatic rings. The minimum atomic E-state index is -1.03. The quantitative estimate of drug-likeness (QED) is 0.176. The van der Waals surface area contributed by atoms with E-state index in [1.165, 1.54) is 21.5 Å². The summed E-state index contributed by atoms with van der Waals surface area (Å²) in [5.74, 6) is 6.11. The minimum absolute atomic E-state index is 0.742. The number of fused-ring (bicyclic) bond motifs is 20. The Bertz CT molecular complexity index is 4170. The Morgan fingerprint density at radius 2 is 0.539 bits per heavy atom. The van der Waals surface area contributed by atoms with Gasteiger partial charge in [0.1, 0.15) is 56.9 Å². The summed E-state index contributed by atoms with van der Waals surface area (Å²) in [7, 11) is 0. The summed E-state index contributed by atoms with van der Waals surface area (Å²) in [5.41, 5.74) is 12.4. The van der Waals surface area contributed by atoms with Crippen LogP contribution in [0.2, 0.25) is 0 Å². The fourth-order valence-electron chi connectivity index (χ4n) is 13.4. The van der Waals surface area contributed by atoms with E-state index < -0.39 is 10.8 Å². The van der Waals surface area contributed by atoms with Gasteiger partial charge in [-0.3, -0.25) is 0 Å². The van der Waals surface area contributed by atoms with E-state index >= 15 is 0 Å². The monoisotopic (exact) mass is 974 g/mol. The summed E-state index contributed by atoms with van der Waals surface area (Å²) in [6.45, 7) is 0. The van der Waals surface area contributed by atoms with Crippen molar-refractivity contribution in [1.82, 2.24) is 9.13 Å². The van der Waals surface area contributed by atoms with Gasteiger partial charge in [0.05, 0.1) is 22.1 Å². The van der Waals surface area contributed by atoms with Crippen LogP contribution >= 0.6 is 0 Å². The molecular weight excluding hydrogens is 933 g/mol. The molecule has 0 unspecified atom stereocenters. The first kappa shape index (κ1) is 41.4. The summed E-state index contributed by atoms with van der Waals surface area (Å²) in [5, 5.41) is 4.90. The highest BCUT2D eigenvalue weighted by atomic mass is 16.5. The topological polar surface area (TPSA) is 54.6 Å². The van der Waals surface area contributed by atoms with Gasteiger partial charge >= 0.3 is 0 Å². The van der Waals surface area contributed by atoms with Gasteiger partial charge in [-0.1, -0.05) is 146 Å². The fraction of sp³-hybridized carbons (Fsp3) is 0.0286. The normalized spacial score (nSPS) is 14.2. The third kappa shape index (κ3) is 5.34. The average molecular weight is 975 g/mol. The second-order valence-electron chi connectivity index (χ2n) is 20.2. The molecule has 1 aliphatic carbocycles. The largest absolute Gasteiger partial charge is 0.459 e. The van der Waals surface area contributed by atoms with E-state index in [2.05, 4.69) is 240 Å². The van der Waals surface area contributed by atoms with E-state index in [1.807, 2.05) is 24.3 Å². The first-order valence-electron chi connectivity index (χ1n) is 25.9. The Balaban J connectivity index is 0.934. The molecule has 2 aliphatic heterocycles. The van der Waals surface area contributed by atoms with Crippen molar-refractivity contribution in [3.8, 4) is 57.0 Å². The van der Waals surface area contributed by atoms with Crippen LogP contribution in [0.1, 0.15) is 44.9 Å². The average Bonchev–Trinajstić information content (AvgIpc) is 4.39. The molecule has 0 saturated heterocycles. The number of rotatable bonds is 4. The van der Waals surface area contributed by atoms with E-state index in [1.54, 1.807) is 0 Å². The van der Waals surface area contributed by atoms with Gasteiger partial charge in [-0.05, 0) is 109 Å². The van der Waals surface area contributed by atoms with Crippen molar-refractivity contribution in [3.05, 3.63) is 300 Å². The third-order valence-electron chi connectivity index (χ3n) is 16.5. The van der Waals surface area contributed by atoms with E-state index in [4.69, 9.17) is 18.3 Å². The summed E-state index contributed by atoms with van der Waals surface area (Å²) in [6, 6.07) is 90.3. The van der Waals surface area contributed by atoms with Crippen molar-refractivity contribution in [1.29, 1.82) is 0 Å². The predicted octanol–water partition coefficient (Wildman–Crippen LogP) is 17.7. The smallest absolute Gasteiger partial charge is 0.134 e. The molecule has 2 spiro atoms. The highest BCUT2D eigenvalue weighted by Gasteiger charge is 2.63. The van der Waals surface area contributed by atoms with Gasteiger partial charge in [-0.15, -0.1) is 0 Å². The van der Waals surface area contributed by atoms with Crippen molar-refractivity contribution in [2.45, 2.75) is 10.8 Å². The predicted molar refractivity (Wildman–Crippen MR) is 301 cm³/mol. The van der Waals surface area contributed by atoms with Crippen molar-refractivity contribution in [2.75, 3.05) is 0 Å². The van der Waals surface area contributed by atoms with Crippen LogP contribution in [0.4, 0.5) is 0 Å². The van der Waals surface area contributed by atoms with Crippen LogP contribution in [0.25, 0.3) is 77.6 Å². The number of hydrogen-bond donors (Lipinski definition) is 0. The van der Waals surface area contributed by atoms with Crippen LogP contribution < -0.4 is 9.47 Å². The number of ether oxygens (including phenoxy) is 2. The number of nitrogens with zero attached hydrogens (tertiary/aromatic N) is 2. The Kier molecular flexibility index (Phi) is 8.32. The molecule has 0 radical (unpaired) electrons. The Morgan fingerprint density at radius 3 is 0.855 bits per heavy atom. The summed E-state index contributed by atoms with van der Waals surface area (Å²) in [6.07, 6.45) is 0. The van der Waals surface area contributed by atoms with Crippen LogP contribution in [0.5, 0.6) is 23.0 Å². The molecular formula is C70H42N2O4. The summed E-state index contributed by atoms with van der Waals surface area (Å²) in [4.78, 5) is 0.